The van der Waals surface area contributed by atoms with E-state index in [0.717, 1.165) is 25.7 Å². The van der Waals surface area contributed by atoms with Gasteiger partial charge in [-0.25, -0.2) is 4.79 Å². The number of unbranched alkanes of at least 4 members (excludes halogenated alkanes) is 14. The van der Waals surface area contributed by atoms with Crippen molar-refractivity contribution in [2.24, 2.45) is 0 Å². The molecule has 1 unspecified atom stereocenters. The molecule has 0 radical (unpaired) electrons. The summed E-state index contributed by atoms with van der Waals surface area (Å²) in [6.07, 6.45) is 19.9. The van der Waals surface area contributed by atoms with E-state index in [1.165, 1.54) is 77.0 Å². The molecule has 0 bridgehead atoms. The maximum atomic E-state index is 11.8. The number of ether oxygens (including phenoxy) is 2. The summed E-state index contributed by atoms with van der Waals surface area (Å²) in [7, 11) is 0. The fourth-order valence-corrected chi connectivity index (χ4v) is 3.39. The van der Waals surface area contributed by atoms with Crippen LogP contribution in [0.2, 0.25) is 0 Å². The van der Waals surface area contributed by atoms with Gasteiger partial charge in [-0.1, -0.05) is 104 Å². The Bertz CT molecular complexity index is 401. The Labute approximate surface area is 186 Å². The molecule has 0 rings (SSSR count). The second-order valence-corrected chi connectivity index (χ2v) is 8.56. The van der Waals surface area contributed by atoms with Gasteiger partial charge in [-0.3, -0.25) is 4.79 Å². The lowest BCUT2D eigenvalue weighted by atomic mass is 10.0. The first-order chi connectivity index (χ1) is 14.6. The molecule has 1 atom stereocenters. The minimum Gasteiger partial charge on any atom is -0.466 e. The Hall–Kier alpha value is -1.26. The van der Waals surface area contributed by atoms with Crippen LogP contribution in [0.4, 0.5) is 4.79 Å². The van der Waals surface area contributed by atoms with E-state index in [1.807, 2.05) is 6.92 Å². The van der Waals surface area contributed by atoms with Gasteiger partial charge in [0.25, 0.3) is 0 Å². The molecule has 0 saturated carbocycles. The number of nitrogens with one attached hydrogen (secondary N) is 1. The summed E-state index contributed by atoms with van der Waals surface area (Å²) in [6.45, 7) is 6.99. The second-order valence-electron chi connectivity index (χ2n) is 8.56. The predicted octanol–water partition coefficient (Wildman–Crippen LogP) is 7.32. The topological polar surface area (TPSA) is 64.6 Å². The normalized spacial score (nSPS) is 11.8. The molecule has 30 heavy (non-hydrogen) atoms. The highest BCUT2D eigenvalue weighted by Gasteiger charge is 2.13. The van der Waals surface area contributed by atoms with Crippen molar-refractivity contribution in [1.29, 1.82) is 0 Å². The van der Waals surface area contributed by atoms with Crippen LogP contribution >= 0.6 is 0 Å². The third kappa shape index (κ3) is 21.4. The molecule has 0 spiro atoms. The van der Waals surface area contributed by atoms with Crippen LogP contribution in [0.3, 0.4) is 0 Å². The van der Waals surface area contributed by atoms with E-state index in [-0.39, 0.29) is 18.4 Å². The lowest BCUT2D eigenvalue weighted by Gasteiger charge is -2.13. The molecule has 0 saturated heterocycles. The summed E-state index contributed by atoms with van der Waals surface area (Å²) < 4.78 is 10.3. The van der Waals surface area contributed by atoms with Gasteiger partial charge in [0, 0.05) is 6.04 Å². The number of esters is 1. The molecule has 0 aliphatic carbocycles. The number of carbonyl (C=O) groups excluding carboxylic acids is 2. The van der Waals surface area contributed by atoms with Crippen molar-refractivity contribution in [3.63, 3.8) is 0 Å². The Morgan fingerprint density at radius 3 is 1.57 bits per heavy atom. The number of amides is 1. The predicted molar refractivity (Wildman–Crippen MR) is 125 cm³/mol. The zero-order valence-corrected chi connectivity index (χ0v) is 20.1. The molecular weight excluding hydrogens is 378 g/mol. The highest BCUT2D eigenvalue weighted by Crippen LogP contribution is 2.13. The summed E-state index contributed by atoms with van der Waals surface area (Å²) in [5.41, 5.74) is 0. The van der Waals surface area contributed by atoms with Gasteiger partial charge in [-0.2, -0.15) is 0 Å². The van der Waals surface area contributed by atoms with Crippen LogP contribution in [0, 0.1) is 0 Å². The van der Waals surface area contributed by atoms with E-state index in [2.05, 4.69) is 12.2 Å². The van der Waals surface area contributed by atoms with E-state index in [1.54, 1.807) is 6.92 Å². The number of alkyl carbamates (subject to hydrolysis) is 1. The first kappa shape index (κ1) is 28.7. The zero-order valence-electron chi connectivity index (χ0n) is 20.1. The first-order valence-electron chi connectivity index (χ1n) is 12.7. The lowest BCUT2D eigenvalue weighted by Crippen LogP contribution is -2.35. The molecule has 0 aromatic rings. The van der Waals surface area contributed by atoms with Gasteiger partial charge in [-0.15, -0.1) is 0 Å². The SMILES string of the molecule is CCCCCCCCCCCCCCCCOC(=O)CC(C)NC(=O)OCCCC. The van der Waals surface area contributed by atoms with Gasteiger partial charge in [-0.05, 0) is 19.8 Å². The summed E-state index contributed by atoms with van der Waals surface area (Å²) in [4.78, 5) is 23.3. The van der Waals surface area contributed by atoms with Crippen molar-refractivity contribution in [2.45, 2.75) is 136 Å². The van der Waals surface area contributed by atoms with Crippen molar-refractivity contribution < 1.29 is 19.1 Å². The van der Waals surface area contributed by atoms with Gasteiger partial charge >= 0.3 is 12.1 Å². The molecule has 5 nitrogen and oxygen atoms in total. The Morgan fingerprint density at radius 1 is 0.633 bits per heavy atom. The van der Waals surface area contributed by atoms with Crippen LogP contribution in [-0.2, 0) is 14.3 Å². The average Bonchev–Trinajstić information content (AvgIpc) is 2.71. The Balaban J connectivity index is 3.35. The monoisotopic (exact) mass is 427 g/mol. The smallest absolute Gasteiger partial charge is 0.407 e. The number of hydrogen-bond donors (Lipinski definition) is 1. The maximum absolute atomic E-state index is 11.8. The van der Waals surface area contributed by atoms with Crippen LogP contribution in [-0.4, -0.2) is 31.3 Å². The van der Waals surface area contributed by atoms with Gasteiger partial charge in [0.2, 0.25) is 0 Å². The fourth-order valence-electron chi connectivity index (χ4n) is 3.39. The minimum absolute atomic E-state index is 0.182. The van der Waals surface area contributed by atoms with Crippen LogP contribution in [0.5, 0.6) is 0 Å². The largest absolute Gasteiger partial charge is 0.466 e. The van der Waals surface area contributed by atoms with Gasteiger partial charge in [0.15, 0.2) is 0 Å². The van der Waals surface area contributed by atoms with Crippen LogP contribution < -0.4 is 5.32 Å². The summed E-state index contributed by atoms with van der Waals surface area (Å²) >= 11 is 0. The summed E-state index contributed by atoms with van der Waals surface area (Å²) in [5, 5.41) is 2.66. The van der Waals surface area contributed by atoms with Gasteiger partial charge in [0.05, 0.1) is 19.6 Å². The number of carbonyl (C=O) groups is 2. The lowest BCUT2D eigenvalue weighted by molar-refractivity contribution is -0.144. The third-order valence-corrected chi connectivity index (χ3v) is 5.33. The molecule has 1 N–H and O–H groups in total. The van der Waals surface area contributed by atoms with Crippen molar-refractivity contribution >= 4 is 12.1 Å². The van der Waals surface area contributed by atoms with Crippen LogP contribution in [0.15, 0.2) is 0 Å². The van der Waals surface area contributed by atoms with Crippen molar-refractivity contribution in [2.75, 3.05) is 13.2 Å². The van der Waals surface area contributed by atoms with E-state index < -0.39 is 6.09 Å². The van der Waals surface area contributed by atoms with Crippen molar-refractivity contribution in [3.8, 4) is 0 Å². The molecule has 0 aromatic heterocycles. The van der Waals surface area contributed by atoms with Crippen LogP contribution in [0.1, 0.15) is 130 Å². The number of rotatable bonds is 21. The maximum Gasteiger partial charge on any atom is 0.407 e. The van der Waals surface area contributed by atoms with Crippen LogP contribution in [0.25, 0.3) is 0 Å². The first-order valence-corrected chi connectivity index (χ1v) is 12.7. The average molecular weight is 428 g/mol. The van der Waals surface area contributed by atoms with Gasteiger partial charge < -0.3 is 14.8 Å². The standard InChI is InChI=1S/C25H49NO4/c1-4-6-8-9-10-11-12-13-14-15-16-17-18-19-21-29-24(27)22-23(3)26-25(28)30-20-7-5-2/h23H,4-22H2,1-3H3,(H,26,28). The van der Waals surface area contributed by atoms with E-state index in [9.17, 15) is 9.59 Å². The summed E-state index contributed by atoms with van der Waals surface area (Å²) in [6, 6.07) is -0.275. The Morgan fingerprint density at radius 2 is 1.07 bits per heavy atom. The molecular formula is C25H49NO4. The highest BCUT2D eigenvalue weighted by atomic mass is 16.5. The molecule has 5 heteroatoms. The molecule has 0 aliphatic heterocycles. The molecule has 0 fully saturated rings. The van der Waals surface area contributed by atoms with E-state index in [0.29, 0.717) is 13.2 Å². The summed E-state index contributed by atoms with van der Waals surface area (Å²) in [5.74, 6) is -0.258. The highest BCUT2D eigenvalue weighted by molar-refractivity contribution is 5.72. The molecule has 178 valence electrons. The molecule has 0 aromatic carbocycles. The van der Waals surface area contributed by atoms with E-state index in [4.69, 9.17) is 9.47 Å². The molecule has 1 amide bonds. The minimum atomic E-state index is -0.462. The molecule has 0 heterocycles. The number of hydrogen-bond acceptors (Lipinski definition) is 4. The fraction of sp³-hybridized carbons (Fsp3) is 0.920. The van der Waals surface area contributed by atoms with Gasteiger partial charge in [0.1, 0.15) is 0 Å². The molecule has 0 aliphatic rings. The van der Waals surface area contributed by atoms with E-state index >= 15 is 0 Å². The third-order valence-electron chi connectivity index (χ3n) is 5.33. The Kier molecular flexibility index (Phi) is 21.5. The zero-order chi connectivity index (χ0) is 22.3. The quantitative estimate of drug-likeness (QED) is 0.154. The van der Waals surface area contributed by atoms with Crippen molar-refractivity contribution in [1.82, 2.24) is 5.32 Å². The second kappa shape index (κ2) is 22.4. The van der Waals surface area contributed by atoms with Crippen molar-refractivity contribution in [3.05, 3.63) is 0 Å².